The first-order valence-electron chi connectivity index (χ1n) is 7.49. The predicted octanol–water partition coefficient (Wildman–Crippen LogP) is 3.30. The summed E-state index contributed by atoms with van der Waals surface area (Å²) < 4.78 is 5.26. The van der Waals surface area contributed by atoms with E-state index in [4.69, 9.17) is 10.00 Å². The van der Waals surface area contributed by atoms with Crippen LogP contribution < -0.4 is 4.90 Å². The third-order valence-corrected chi connectivity index (χ3v) is 3.55. The van der Waals surface area contributed by atoms with Crippen LogP contribution in [0.1, 0.15) is 23.1 Å². The minimum atomic E-state index is -0.217. The summed E-state index contributed by atoms with van der Waals surface area (Å²) in [5.41, 5.74) is 3.73. The SMILES string of the molecule is CN(C)c1ccc(CCC(=O)OCc2ccc(C#N)cc2)cc1. The quantitative estimate of drug-likeness (QED) is 0.768. The van der Waals surface area contributed by atoms with Crippen LogP contribution in [-0.4, -0.2) is 20.1 Å². The second-order valence-electron chi connectivity index (χ2n) is 5.53. The molecule has 0 amide bonds. The Bertz CT molecular complexity index is 683. The molecule has 0 spiro atoms. The van der Waals surface area contributed by atoms with Gasteiger partial charge in [-0.1, -0.05) is 24.3 Å². The average molecular weight is 308 g/mol. The molecule has 0 unspecified atom stereocenters. The zero-order chi connectivity index (χ0) is 16.7. The van der Waals surface area contributed by atoms with E-state index in [-0.39, 0.29) is 12.6 Å². The molecule has 0 heterocycles. The van der Waals surface area contributed by atoms with Crippen molar-refractivity contribution in [2.45, 2.75) is 19.4 Å². The van der Waals surface area contributed by atoms with Crippen LogP contribution in [0, 0.1) is 11.3 Å². The van der Waals surface area contributed by atoms with Gasteiger partial charge in [0.05, 0.1) is 11.6 Å². The number of ether oxygens (including phenoxy) is 1. The number of rotatable bonds is 6. The first-order chi connectivity index (χ1) is 11.1. The van der Waals surface area contributed by atoms with Gasteiger partial charge in [0.2, 0.25) is 0 Å². The van der Waals surface area contributed by atoms with Crippen molar-refractivity contribution in [1.82, 2.24) is 0 Å². The van der Waals surface area contributed by atoms with Crippen molar-refractivity contribution < 1.29 is 9.53 Å². The van der Waals surface area contributed by atoms with Gasteiger partial charge in [-0.25, -0.2) is 0 Å². The fourth-order valence-electron chi connectivity index (χ4n) is 2.12. The number of anilines is 1. The molecule has 0 aliphatic heterocycles. The largest absolute Gasteiger partial charge is 0.461 e. The number of nitrogens with zero attached hydrogens (tertiary/aromatic N) is 2. The third-order valence-electron chi connectivity index (χ3n) is 3.55. The molecule has 0 bridgehead atoms. The van der Waals surface area contributed by atoms with E-state index in [1.54, 1.807) is 24.3 Å². The molecule has 2 aromatic rings. The minimum Gasteiger partial charge on any atom is -0.461 e. The lowest BCUT2D eigenvalue weighted by atomic mass is 10.1. The van der Waals surface area contributed by atoms with Gasteiger partial charge >= 0.3 is 5.97 Å². The zero-order valence-corrected chi connectivity index (χ0v) is 13.5. The molecule has 0 saturated carbocycles. The minimum absolute atomic E-state index is 0.217. The standard InChI is InChI=1S/C19H20N2O2/c1-21(2)18-10-7-15(8-11-18)9-12-19(22)23-14-17-5-3-16(13-20)4-6-17/h3-8,10-11H,9,12,14H2,1-2H3. The molecule has 0 aromatic heterocycles. The number of hydrogen-bond acceptors (Lipinski definition) is 4. The molecule has 0 saturated heterocycles. The number of nitriles is 1. The Morgan fingerprint density at radius 1 is 1.04 bits per heavy atom. The Morgan fingerprint density at radius 2 is 1.65 bits per heavy atom. The molecule has 4 nitrogen and oxygen atoms in total. The highest BCUT2D eigenvalue weighted by Gasteiger charge is 2.05. The van der Waals surface area contributed by atoms with E-state index in [1.807, 2.05) is 43.3 Å². The fraction of sp³-hybridized carbons (Fsp3) is 0.263. The van der Waals surface area contributed by atoms with E-state index in [2.05, 4.69) is 6.07 Å². The molecular weight excluding hydrogens is 288 g/mol. The van der Waals surface area contributed by atoms with E-state index < -0.39 is 0 Å². The molecule has 2 rings (SSSR count). The molecule has 0 aliphatic rings. The molecule has 2 aromatic carbocycles. The van der Waals surface area contributed by atoms with Crippen LogP contribution in [0.4, 0.5) is 5.69 Å². The van der Waals surface area contributed by atoms with Crippen molar-refractivity contribution >= 4 is 11.7 Å². The lowest BCUT2D eigenvalue weighted by Crippen LogP contribution is -2.08. The van der Waals surface area contributed by atoms with Crippen LogP contribution in [0.3, 0.4) is 0 Å². The van der Waals surface area contributed by atoms with Crippen molar-refractivity contribution in [3.05, 3.63) is 65.2 Å². The Labute approximate surface area is 136 Å². The van der Waals surface area contributed by atoms with Crippen LogP contribution >= 0.6 is 0 Å². The summed E-state index contributed by atoms with van der Waals surface area (Å²) in [5, 5.41) is 8.73. The summed E-state index contributed by atoms with van der Waals surface area (Å²) in [4.78, 5) is 13.8. The van der Waals surface area contributed by atoms with E-state index in [0.29, 0.717) is 18.4 Å². The van der Waals surface area contributed by atoms with Crippen LogP contribution in [0.15, 0.2) is 48.5 Å². The first-order valence-corrected chi connectivity index (χ1v) is 7.49. The maximum Gasteiger partial charge on any atom is 0.306 e. The lowest BCUT2D eigenvalue weighted by molar-refractivity contribution is -0.144. The smallest absolute Gasteiger partial charge is 0.306 e. The van der Waals surface area contributed by atoms with E-state index in [1.165, 1.54) is 0 Å². The van der Waals surface area contributed by atoms with Crippen molar-refractivity contribution in [1.29, 1.82) is 5.26 Å². The van der Waals surface area contributed by atoms with Crippen molar-refractivity contribution in [2.24, 2.45) is 0 Å². The van der Waals surface area contributed by atoms with E-state index >= 15 is 0 Å². The maximum absolute atomic E-state index is 11.8. The maximum atomic E-state index is 11.8. The van der Waals surface area contributed by atoms with Gasteiger partial charge in [-0.15, -0.1) is 0 Å². The predicted molar refractivity (Wildman–Crippen MR) is 90.0 cm³/mol. The summed E-state index contributed by atoms with van der Waals surface area (Å²) in [6.07, 6.45) is 1.03. The molecule has 23 heavy (non-hydrogen) atoms. The van der Waals surface area contributed by atoms with Crippen LogP contribution in [-0.2, 0) is 22.6 Å². The molecular formula is C19H20N2O2. The second-order valence-corrected chi connectivity index (χ2v) is 5.53. The summed E-state index contributed by atoms with van der Waals surface area (Å²) in [6, 6.07) is 17.2. The average Bonchev–Trinajstić information content (AvgIpc) is 2.59. The second kappa shape index (κ2) is 8.00. The van der Waals surface area contributed by atoms with Gasteiger partial charge in [-0.2, -0.15) is 5.26 Å². The van der Waals surface area contributed by atoms with Gasteiger partial charge in [0.15, 0.2) is 0 Å². The number of hydrogen-bond donors (Lipinski definition) is 0. The van der Waals surface area contributed by atoms with Crippen molar-refractivity contribution in [3.63, 3.8) is 0 Å². The van der Waals surface area contributed by atoms with Gasteiger partial charge in [0, 0.05) is 26.2 Å². The first kappa shape index (κ1) is 16.6. The highest BCUT2D eigenvalue weighted by Crippen LogP contribution is 2.14. The Hall–Kier alpha value is -2.80. The third kappa shape index (κ3) is 5.15. The molecule has 0 fully saturated rings. The van der Waals surface area contributed by atoms with Crippen LogP contribution in [0.5, 0.6) is 0 Å². The fourth-order valence-corrected chi connectivity index (χ4v) is 2.12. The molecule has 118 valence electrons. The molecule has 0 radical (unpaired) electrons. The van der Waals surface area contributed by atoms with Gasteiger partial charge < -0.3 is 9.64 Å². The summed E-state index contributed by atoms with van der Waals surface area (Å²) in [7, 11) is 3.99. The summed E-state index contributed by atoms with van der Waals surface area (Å²) in [5.74, 6) is -0.217. The van der Waals surface area contributed by atoms with Crippen LogP contribution in [0.2, 0.25) is 0 Å². The number of aryl methyl sites for hydroxylation is 1. The van der Waals surface area contributed by atoms with Gasteiger partial charge in [-0.3, -0.25) is 4.79 Å². The molecule has 0 N–H and O–H groups in total. The normalized spacial score (nSPS) is 9.96. The van der Waals surface area contributed by atoms with Crippen molar-refractivity contribution in [2.75, 3.05) is 19.0 Å². The lowest BCUT2D eigenvalue weighted by Gasteiger charge is -2.12. The zero-order valence-electron chi connectivity index (χ0n) is 13.5. The topological polar surface area (TPSA) is 53.3 Å². The van der Waals surface area contributed by atoms with E-state index in [0.717, 1.165) is 16.8 Å². The molecule has 0 atom stereocenters. The van der Waals surface area contributed by atoms with Gasteiger partial charge in [-0.05, 0) is 41.8 Å². The number of benzene rings is 2. The number of esters is 1. The monoisotopic (exact) mass is 308 g/mol. The highest BCUT2D eigenvalue weighted by atomic mass is 16.5. The van der Waals surface area contributed by atoms with E-state index in [9.17, 15) is 4.79 Å². The Balaban J connectivity index is 1.77. The highest BCUT2D eigenvalue weighted by molar-refractivity contribution is 5.69. The summed E-state index contributed by atoms with van der Waals surface area (Å²) in [6.45, 7) is 0.240. The molecule has 0 aliphatic carbocycles. The number of carbonyl (C=O) groups is 1. The molecule has 4 heteroatoms. The Kier molecular flexibility index (Phi) is 5.76. The van der Waals surface area contributed by atoms with Gasteiger partial charge in [0.25, 0.3) is 0 Å². The Morgan fingerprint density at radius 3 is 2.22 bits per heavy atom. The van der Waals surface area contributed by atoms with Crippen molar-refractivity contribution in [3.8, 4) is 6.07 Å². The summed E-state index contributed by atoms with van der Waals surface area (Å²) >= 11 is 0. The van der Waals surface area contributed by atoms with Crippen LogP contribution in [0.25, 0.3) is 0 Å². The number of carbonyl (C=O) groups excluding carboxylic acids is 1. The van der Waals surface area contributed by atoms with Gasteiger partial charge in [0.1, 0.15) is 6.61 Å².